The second-order valence-corrected chi connectivity index (χ2v) is 6.61. The second-order valence-electron chi connectivity index (χ2n) is 6.61. The third-order valence-electron chi connectivity index (χ3n) is 3.53. The van der Waals surface area contributed by atoms with E-state index in [-0.39, 0.29) is 12.1 Å². The lowest BCUT2D eigenvalue weighted by molar-refractivity contribution is -0.141. The SMILES string of the molecule is COC(=O)C(C)Nc1ccc2c(c1)CCN2C(=O)OC(C)(C)C. The van der Waals surface area contributed by atoms with E-state index in [2.05, 4.69) is 5.32 Å². The molecule has 1 aliphatic rings. The van der Waals surface area contributed by atoms with Gasteiger partial charge < -0.3 is 14.8 Å². The quantitative estimate of drug-likeness (QED) is 0.867. The number of nitrogens with one attached hydrogen (secondary N) is 1. The number of methoxy groups -OCH3 is 1. The standard InChI is InChI=1S/C17H24N2O4/c1-11(15(20)22-5)18-13-6-7-14-12(10-13)8-9-19(14)16(21)23-17(2,3)4/h6-7,10-11,18H,8-9H2,1-5H3. The van der Waals surface area contributed by atoms with E-state index >= 15 is 0 Å². The highest BCUT2D eigenvalue weighted by Crippen LogP contribution is 2.31. The van der Waals surface area contributed by atoms with Crippen LogP contribution in [0.25, 0.3) is 0 Å². The Hall–Kier alpha value is -2.24. The molecule has 126 valence electrons. The number of benzene rings is 1. The van der Waals surface area contributed by atoms with Crippen LogP contribution in [-0.2, 0) is 20.7 Å². The Balaban J connectivity index is 2.11. The lowest BCUT2D eigenvalue weighted by Crippen LogP contribution is -2.35. The molecule has 23 heavy (non-hydrogen) atoms. The zero-order chi connectivity index (χ0) is 17.2. The number of ether oxygens (including phenoxy) is 2. The van der Waals surface area contributed by atoms with E-state index in [0.717, 1.165) is 23.4 Å². The highest BCUT2D eigenvalue weighted by atomic mass is 16.6. The van der Waals surface area contributed by atoms with E-state index in [0.29, 0.717) is 6.54 Å². The third-order valence-corrected chi connectivity index (χ3v) is 3.53. The number of fused-ring (bicyclic) bond motifs is 1. The summed E-state index contributed by atoms with van der Waals surface area (Å²) in [5, 5.41) is 3.10. The van der Waals surface area contributed by atoms with E-state index in [1.54, 1.807) is 11.8 Å². The molecule has 0 aliphatic carbocycles. The van der Waals surface area contributed by atoms with Crippen molar-refractivity contribution >= 4 is 23.4 Å². The van der Waals surface area contributed by atoms with Crippen LogP contribution in [0.5, 0.6) is 0 Å². The second kappa shape index (κ2) is 6.48. The van der Waals surface area contributed by atoms with Crippen molar-refractivity contribution in [3.8, 4) is 0 Å². The Kier molecular flexibility index (Phi) is 4.82. The summed E-state index contributed by atoms with van der Waals surface area (Å²) in [5.74, 6) is -0.319. The maximum absolute atomic E-state index is 12.2. The summed E-state index contributed by atoms with van der Waals surface area (Å²) in [5.41, 5.74) is 2.22. The van der Waals surface area contributed by atoms with Crippen LogP contribution >= 0.6 is 0 Å². The summed E-state index contributed by atoms with van der Waals surface area (Å²) >= 11 is 0. The van der Waals surface area contributed by atoms with Crippen LogP contribution in [0.3, 0.4) is 0 Å². The van der Waals surface area contributed by atoms with Gasteiger partial charge in [0.15, 0.2) is 0 Å². The van der Waals surface area contributed by atoms with Crippen molar-refractivity contribution in [2.75, 3.05) is 23.9 Å². The molecule has 0 bridgehead atoms. The molecule has 2 rings (SSSR count). The van der Waals surface area contributed by atoms with Crippen molar-refractivity contribution in [3.63, 3.8) is 0 Å². The van der Waals surface area contributed by atoms with Crippen molar-refractivity contribution in [2.45, 2.75) is 45.8 Å². The molecule has 1 unspecified atom stereocenters. The number of hydrogen-bond donors (Lipinski definition) is 1. The molecule has 1 amide bonds. The lowest BCUT2D eigenvalue weighted by Gasteiger charge is -2.25. The van der Waals surface area contributed by atoms with Crippen LogP contribution in [-0.4, -0.2) is 37.4 Å². The Morgan fingerprint density at radius 1 is 1.30 bits per heavy atom. The average Bonchev–Trinajstić information content (AvgIpc) is 2.87. The van der Waals surface area contributed by atoms with Gasteiger partial charge in [-0.3, -0.25) is 4.90 Å². The van der Waals surface area contributed by atoms with Crippen LogP contribution in [0.1, 0.15) is 33.3 Å². The molecule has 6 heteroatoms. The number of carbonyl (C=O) groups excluding carboxylic acids is 2. The first kappa shape index (κ1) is 17.1. The molecule has 1 atom stereocenters. The summed E-state index contributed by atoms with van der Waals surface area (Å²) in [6, 6.07) is 5.25. The topological polar surface area (TPSA) is 67.9 Å². The van der Waals surface area contributed by atoms with Gasteiger partial charge in [0.1, 0.15) is 11.6 Å². The fourth-order valence-electron chi connectivity index (χ4n) is 2.48. The molecule has 1 heterocycles. The molecule has 1 aliphatic heterocycles. The number of amides is 1. The van der Waals surface area contributed by atoms with E-state index in [1.165, 1.54) is 7.11 Å². The van der Waals surface area contributed by atoms with E-state index in [1.807, 2.05) is 39.0 Å². The van der Waals surface area contributed by atoms with Crippen molar-refractivity contribution in [2.24, 2.45) is 0 Å². The first-order valence-electron chi connectivity index (χ1n) is 7.69. The van der Waals surface area contributed by atoms with E-state index < -0.39 is 11.6 Å². The van der Waals surface area contributed by atoms with E-state index in [4.69, 9.17) is 9.47 Å². The van der Waals surface area contributed by atoms with Crippen LogP contribution in [0.15, 0.2) is 18.2 Å². The van der Waals surface area contributed by atoms with Crippen molar-refractivity contribution in [1.29, 1.82) is 0 Å². The Morgan fingerprint density at radius 3 is 2.61 bits per heavy atom. The number of hydrogen-bond acceptors (Lipinski definition) is 5. The van der Waals surface area contributed by atoms with Crippen LogP contribution in [0, 0.1) is 0 Å². The summed E-state index contributed by atoms with van der Waals surface area (Å²) in [6.07, 6.45) is 0.427. The third kappa shape index (κ3) is 4.15. The maximum atomic E-state index is 12.2. The minimum atomic E-state index is -0.517. The number of nitrogens with zero attached hydrogens (tertiary/aromatic N) is 1. The Labute approximate surface area is 136 Å². The number of carbonyl (C=O) groups is 2. The van der Waals surface area contributed by atoms with Crippen LogP contribution < -0.4 is 10.2 Å². The number of rotatable bonds is 3. The van der Waals surface area contributed by atoms with Crippen molar-refractivity contribution < 1.29 is 19.1 Å². The van der Waals surface area contributed by atoms with E-state index in [9.17, 15) is 9.59 Å². The van der Waals surface area contributed by atoms with Gasteiger partial charge in [0.2, 0.25) is 0 Å². The fraction of sp³-hybridized carbons (Fsp3) is 0.529. The molecule has 0 spiro atoms. The molecule has 1 aromatic carbocycles. The van der Waals surface area contributed by atoms with Gasteiger partial charge in [-0.05, 0) is 57.9 Å². The number of esters is 1. The van der Waals surface area contributed by atoms with Crippen molar-refractivity contribution in [1.82, 2.24) is 0 Å². The first-order chi connectivity index (χ1) is 10.7. The molecule has 0 saturated carbocycles. The molecule has 1 N–H and O–H groups in total. The fourth-order valence-corrected chi connectivity index (χ4v) is 2.48. The highest BCUT2D eigenvalue weighted by molar-refractivity contribution is 5.91. The normalized spacial score (nSPS) is 14.9. The average molecular weight is 320 g/mol. The lowest BCUT2D eigenvalue weighted by atomic mass is 10.1. The summed E-state index contributed by atoms with van der Waals surface area (Å²) < 4.78 is 10.1. The summed E-state index contributed by atoms with van der Waals surface area (Å²) in [7, 11) is 1.36. The molecular weight excluding hydrogens is 296 g/mol. The predicted octanol–water partition coefficient (Wildman–Crippen LogP) is 2.96. The summed E-state index contributed by atoms with van der Waals surface area (Å²) in [4.78, 5) is 25.4. The van der Waals surface area contributed by atoms with Crippen molar-refractivity contribution in [3.05, 3.63) is 23.8 Å². The van der Waals surface area contributed by atoms with Gasteiger partial charge in [-0.15, -0.1) is 0 Å². The molecule has 1 aromatic rings. The maximum Gasteiger partial charge on any atom is 0.414 e. The van der Waals surface area contributed by atoms with Gasteiger partial charge in [0, 0.05) is 12.2 Å². The zero-order valence-corrected chi connectivity index (χ0v) is 14.3. The van der Waals surface area contributed by atoms with Gasteiger partial charge in [0.25, 0.3) is 0 Å². The van der Waals surface area contributed by atoms with Gasteiger partial charge >= 0.3 is 12.1 Å². The minimum absolute atomic E-state index is 0.319. The van der Waals surface area contributed by atoms with Crippen LogP contribution in [0.4, 0.5) is 16.2 Å². The largest absolute Gasteiger partial charge is 0.467 e. The molecular formula is C17H24N2O4. The predicted molar refractivity (Wildman–Crippen MR) is 88.8 cm³/mol. The minimum Gasteiger partial charge on any atom is -0.467 e. The van der Waals surface area contributed by atoms with Gasteiger partial charge in [-0.25, -0.2) is 9.59 Å². The number of anilines is 2. The smallest absolute Gasteiger partial charge is 0.414 e. The monoisotopic (exact) mass is 320 g/mol. The van der Waals surface area contributed by atoms with Gasteiger partial charge in [-0.1, -0.05) is 0 Å². The highest BCUT2D eigenvalue weighted by Gasteiger charge is 2.29. The Morgan fingerprint density at radius 2 is 2.00 bits per heavy atom. The molecule has 6 nitrogen and oxygen atoms in total. The molecule has 0 saturated heterocycles. The zero-order valence-electron chi connectivity index (χ0n) is 14.3. The van der Waals surface area contributed by atoms with Gasteiger partial charge in [-0.2, -0.15) is 0 Å². The molecule has 0 aromatic heterocycles. The van der Waals surface area contributed by atoms with Crippen LogP contribution in [0.2, 0.25) is 0 Å². The van der Waals surface area contributed by atoms with Gasteiger partial charge in [0.05, 0.1) is 12.8 Å². The molecule has 0 radical (unpaired) electrons. The molecule has 0 fully saturated rings. The summed E-state index contributed by atoms with van der Waals surface area (Å²) in [6.45, 7) is 7.89. The Bertz CT molecular complexity index is 607. The first-order valence-corrected chi connectivity index (χ1v) is 7.69.